The highest BCUT2D eigenvalue weighted by Crippen LogP contribution is 2.32. The molecule has 0 aliphatic rings. The van der Waals surface area contributed by atoms with E-state index in [1.165, 1.54) is 0 Å². The van der Waals surface area contributed by atoms with E-state index in [1.807, 2.05) is 71.0 Å². The summed E-state index contributed by atoms with van der Waals surface area (Å²) in [5.74, 6) is -0.257. The highest BCUT2D eigenvalue weighted by atomic mass is 16.6. The van der Waals surface area contributed by atoms with Gasteiger partial charge in [-0.1, -0.05) is 67.9 Å². The number of nitrogens with one attached hydrogen (secondary N) is 2. The molecule has 3 atom stereocenters. The third kappa shape index (κ3) is 10.6. The fraction of sp³-hybridized carbons (Fsp3) is 0.462. The molecule has 3 amide bonds. The molecule has 0 saturated carbocycles. The third-order valence-corrected chi connectivity index (χ3v) is 8.24. The molecule has 8 nitrogen and oxygen atoms in total. The van der Waals surface area contributed by atoms with Gasteiger partial charge in [-0.25, -0.2) is 4.79 Å². The second-order valence-corrected chi connectivity index (χ2v) is 14.2. The maximum absolute atomic E-state index is 15.0. The first kappa shape index (κ1) is 37.1. The first-order valence-corrected chi connectivity index (χ1v) is 16.5. The van der Waals surface area contributed by atoms with Gasteiger partial charge in [0.25, 0.3) is 5.91 Å². The Kier molecular flexibility index (Phi) is 12.6. The van der Waals surface area contributed by atoms with Gasteiger partial charge in [-0.05, 0) is 114 Å². The van der Waals surface area contributed by atoms with Crippen molar-refractivity contribution < 1.29 is 24.2 Å². The smallest absolute Gasteiger partial charge is 0.408 e. The van der Waals surface area contributed by atoms with Gasteiger partial charge in [0.1, 0.15) is 23.4 Å². The van der Waals surface area contributed by atoms with Crippen LogP contribution in [0, 0.1) is 33.6 Å². The molecule has 3 aromatic rings. The highest BCUT2D eigenvalue weighted by molar-refractivity contribution is 6.00. The Bertz CT molecular complexity index is 1520. The molecule has 8 heteroatoms. The molecular formula is C39H53N3O5. The zero-order valence-corrected chi connectivity index (χ0v) is 29.7. The number of anilines is 1. The van der Waals surface area contributed by atoms with Crippen LogP contribution in [0.5, 0.6) is 5.75 Å². The molecule has 254 valence electrons. The number of phenols is 1. The first-order chi connectivity index (χ1) is 22.0. The fourth-order valence-corrected chi connectivity index (χ4v) is 5.69. The predicted octanol–water partition coefficient (Wildman–Crippen LogP) is 8.09. The molecule has 47 heavy (non-hydrogen) atoms. The van der Waals surface area contributed by atoms with E-state index >= 15 is 4.79 Å². The first-order valence-electron chi connectivity index (χ1n) is 16.5. The number of alkyl carbamates (subject to hydrolysis) is 1. The normalized spacial score (nSPS) is 13.4. The van der Waals surface area contributed by atoms with Crippen LogP contribution in [0.1, 0.15) is 93.8 Å². The third-order valence-electron chi connectivity index (χ3n) is 8.24. The minimum absolute atomic E-state index is 0.0961. The van der Waals surface area contributed by atoms with Crippen molar-refractivity contribution in [2.45, 2.75) is 112 Å². The lowest BCUT2D eigenvalue weighted by Crippen LogP contribution is -2.55. The number of hydrogen-bond donors (Lipinski definition) is 3. The van der Waals surface area contributed by atoms with Crippen LogP contribution in [-0.2, 0) is 20.7 Å². The molecule has 0 saturated heterocycles. The molecule has 0 radical (unpaired) electrons. The summed E-state index contributed by atoms with van der Waals surface area (Å²) in [5.41, 5.74) is 5.05. The van der Waals surface area contributed by atoms with Gasteiger partial charge in [0.05, 0.1) is 0 Å². The topological polar surface area (TPSA) is 108 Å². The SMILES string of the molecule is Cc1ccc(C)c(C(C(=O)Nc2c(C)cccc2C)N(C(=O)C(Cc2ccc(O)cc2)NC(=O)OC(C)(C)C)C(C)CCC(C)C)c1. The number of benzene rings is 3. The molecule has 0 spiro atoms. The largest absolute Gasteiger partial charge is 0.508 e. The van der Waals surface area contributed by atoms with E-state index in [2.05, 4.69) is 24.5 Å². The number of phenolic OH excluding ortho intramolecular Hbond substituents is 1. The van der Waals surface area contributed by atoms with Crippen molar-refractivity contribution in [3.63, 3.8) is 0 Å². The van der Waals surface area contributed by atoms with Gasteiger partial charge in [0.15, 0.2) is 0 Å². The predicted molar refractivity (Wildman–Crippen MR) is 189 cm³/mol. The molecule has 0 fully saturated rings. The van der Waals surface area contributed by atoms with Gasteiger partial charge in [-0.3, -0.25) is 9.59 Å². The Hall–Kier alpha value is -4.33. The van der Waals surface area contributed by atoms with Crippen molar-refractivity contribution >= 4 is 23.6 Å². The van der Waals surface area contributed by atoms with Crippen molar-refractivity contribution in [2.75, 3.05) is 5.32 Å². The van der Waals surface area contributed by atoms with Crippen LogP contribution < -0.4 is 10.6 Å². The Morgan fingerprint density at radius 2 is 1.47 bits per heavy atom. The van der Waals surface area contributed by atoms with Crippen molar-refractivity contribution in [3.8, 4) is 5.75 Å². The number of para-hydroxylation sites is 1. The van der Waals surface area contributed by atoms with E-state index in [4.69, 9.17) is 4.74 Å². The van der Waals surface area contributed by atoms with Gasteiger partial charge >= 0.3 is 6.09 Å². The summed E-state index contributed by atoms with van der Waals surface area (Å²) in [5, 5.41) is 15.9. The lowest BCUT2D eigenvalue weighted by atomic mass is 9.92. The van der Waals surface area contributed by atoms with Crippen LogP contribution in [0.25, 0.3) is 0 Å². The average molecular weight is 644 g/mol. The van der Waals surface area contributed by atoms with E-state index in [0.717, 1.165) is 39.8 Å². The highest BCUT2D eigenvalue weighted by Gasteiger charge is 2.40. The molecule has 0 aliphatic heterocycles. The number of ether oxygens (including phenoxy) is 1. The number of rotatable bonds is 12. The van der Waals surface area contributed by atoms with Crippen LogP contribution in [0.15, 0.2) is 60.7 Å². The minimum atomic E-state index is -1.06. The Balaban J connectivity index is 2.21. The van der Waals surface area contributed by atoms with Gasteiger partial charge in [-0.15, -0.1) is 0 Å². The summed E-state index contributed by atoms with van der Waals surface area (Å²) in [7, 11) is 0. The van der Waals surface area contributed by atoms with Gasteiger partial charge in [-0.2, -0.15) is 0 Å². The lowest BCUT2D eigenvalue weighted by molar-refractivity contribution is -0.143. The zero-order valence-electron chi connectivity index (χ0n) is 29.7. The van der Waals surface area contributed by atoms with E-state index in [0.29, 0.717) is 18.0 Å². The van der Waals surface area contributed by atoms with Crippen LogP contribution in [-0.4, -0.2) is 45.6 Å². The van der Waals surface area contributed by atoms with Crippen molar-refractivity contribution in [1.82, 2.24) is 10.2 Å². The maximum atomic E-state index is 15.0. The van der Waals surface area contributed by atoms with Gasteiger partial charge in [0, 0.05) is 18.2 Å². The number of carbonyl (C=O) groups is 3. The summed E-state index contributed by atoms with van der Waals surface area (Å²) < 4.78 is 5.59. The minimum Gasteiger partial charge on any atom is -0.508 e. The number of aryl methyl sites for hydroxylation is 4. The van der Waals surface area contributed by atoms with E-state index in [-0.39, 0.29) is 24.1 Å². The summed E-state index contributed by atoms with van der Waals surface area (Å²) in [6.07, 6.45) is 0.891. The molecule has 0 bridgehead atoms. The Labute approximate surface area is 280 Å². The quantitative estimate of drug-likeness (QED) is 0.185. The number of aromatic hydroxyl groups is 1. The molecule has 3 aromatic carbocycles. The maximum Gasteiger partial charge on any atom is 0.408 e. The van der Waals surface area contributed by atoms with Crippen LogP contribution in [0.4, 0.5) is 10.5 Å². The average Bonchev–Trinajstić information content (AvgIpc) is 2.97. The summed E-state index contributed by atoms with van der Waals surface area (Å²) in [4.78, 5) is 44.5. The molecular weight excluding hydrogens is 590 g/mol. The number of amides is 3. The molecule has 3 N–H and O–H groups in total. The van der Waals surface area contributed by atoms with Crippen molar-refractivity contribution in [2.24, 2.45) is 5.92 Å². The van der Waals surface area contributed by atoms with Crippen molar-refractivity contribution in [1.29, 1.82) is 0 Å². The number of nitrogens with zero attached hydrogens (tertiary/aromatic N) is 1. The van der Waals surface area contributed by atoms with Crippen LogP contribution >= 0.6 is 0 Å². The van der Waals surface area contributed by atoms with Crippen LogP contribution in [0.2, 0.25) is 0 Å². The molecule has 0 aromatic heterocycles. The Morgan fingerprint density at radius 3 is 2.04 bits per heavy atom. The summed E-state index contributed by atoms with van der Waals surface area (Å²) in [6.45, 7) is 19.3. The number of hydrogen-bond acceptors (Lipinski definition) is 5. The fourth-order valence-electron chi connectivity index (χ4n) is 5.69. The van der Waals surface area contributed by atoms with E-state index in [9.17, 15) is 14.7 Å². The monoisotopic (exact) mass is 643 g/mol. The molecule has 0 heterocycles. The Morgan fingerprint density at radius 1 is 0.851 bits per heavy atom. The second kappa shape index (κ2) is 16.0. The second-order valence-electron chi connectivity index (χ2n) is 14.2. The van der Waals surface area contributed by atoms with Gasteiger partial charge < -0.3 is 25.4 Å². The number of carbonyl (C=O) groups excluding carboxylic acids is 3. The van der Waals surface area contributed by atoms with Gasteiger partial charge in [0.2, 0.25) is 5.91 Å². The summed E-state index contributed by atoms with van der Waals surface area (Å²) in [6, 6.07) is 15.9. The standard InChI is InChI=1S/C39H53N3O5/c1-24(2)14-17-29(7)42(37(45)33(40-38(46)47-39(8,9)10)23-30-18-20-31(43)21-19-30)35(32-22-25(3)15-16-26(32)4)36(44)41-34-27(5)12-11-13-28(34)6/h11-13,15-16,18-22,24,29,33,35,43H,14,17,23H2,1-10H3,(H,40,46)(H,41,44). The zero-order chi connectivity index (χ0) is 35.1. The lowest BCUT2D eigenvalue weighted by Gasteiger charge is -2.39. The summed E-state index contributed by atoms with van der Waals surface area (Å²) >= 11 is 0. The van der Waals surface area contributed by atoms with Crippen molar-refractivity contribution in [3.05, 3.63) is 94.0 Å². The van der Waals surface area contributed by atoms with E-state index in [1.54, 1.807) is 49.9 Å². The van der Waals surface area contributed by atoms with E-state index < -0.39 is 29.7 Å². The molecule has 3 rings (SSSR count). The van der Waals surface area contributed by atoms with Crippen LogP contribution in [0.3, 0.4) is 0 Å². The molecule has 3 unspecified atom stereocenters. The molecule has 0 aliphatic carbocycles.